The Morgan fingerprint density at radius 3 is 2.45 bits per heavy atom. The van der Waals surface area contributed by atoms with E-state index in [0.717, 1.165) is 47.9 Å². The van der Waals surface area contributed by atoms with Crippen molar-refractivity contribution >= 4 is 21.6 Å². The molecule has 106 valence electrons. The molecule has 1 aromatic carbocycles. The average molecular weight is 334 g/mol. The van der Waals surface area contributed by atoms with Gasteiger partial charge in [0.05, 0.1) is 11.3 Å². The molecule has 0 bridgehead atoms. The molecule has 0 aromatic heterocycles. The third kappa shape index (κ3) is 2.84. The van der Waals surface area contributed by atoms with E-state index in [1.165, 1.54) is 25.7 Å². The molecule has 1 saturated heterocycles. The summed E-state index contributed by atoms with van der Waals surface area (Å²) in [6.07, 6.45) is 5.55. The summed E-state index contributed by atoms with van der Waals surface area (Å²) >= 11 is 3.51. The molecule has 0 radical (unpaired) electrons. The molecule has 0 N–H and O–H groups in total. The third-order valence-corrected chi connectivity index (χ3v) is 5.07. The molecule has 3 nitrogen and oxygen atoms in total. The topological polar surface area (TPSA) is 30.3 Å². The highest BCUT2D eigenvalue weighted by Crippen LogP contribution is 2.28. The Labute approximate surface area is 129 Å². The summed E-state index contributed by atoms with van der Waals surface area (Å²) in [4.78, 5) is 5.00. The lowest BCUT2D eigenvalue weighted by atomic mass is 10.1. The Morgan fingerprint density at radius 2 is 1.80 bits per heavy atom. The SMILES string of the molecule is N#Cc1ccc(Br)cc1N1CCN(C2CCCC2)CC1. The molecular weight excluding hydrogens is 314 g/mol. The number of halogens is 1. The van der Waals surface area contributed by atoms with Crippen LogP contribution in [0.5, 0.6) is 0 Å². The molecule has 1 aliphatic heterocycles. The monoisotopic (exact) mass is 333 g/mol. The predicted octanol–water partition coefficient (Wildman–Crippen LogP) is 3.39. The second-order valence-electron chi connectivity index (χ2n) is 5.73. The minimum atomic E-state index is 0.780. The smallest absolute Gasteiger partial charge is 0.101 e. The maximum Gasteiger partial charge on any atom is 0.101 e. The van der Waals surface area contributed by atoms with E-state index in [1.807, 2.05) is 12.1 Å². The van der Waals surface area contributed by atoms with Crippen molar-refractivity contribution in [1.29, 1.82) is 5.26 Å². The van der Waals surface area contributed by atoms with Gasteiger partial charge in [0.15, 0.2) is 0 Å². The Morgan fingerprint density at radius 1 is 1.10 bits per heavy atom. The van der Waals surface area contributed by atoms with Crippen LogP contribution in [0.15, 0.2) is 22.7 Å². The first-order valence-electron chi connectivity index (χ1n) is 7.46. The van der Waals surface area contributed by atoms with Gasteiger partial charge in [-0.2, -0.15) is 5.26 Å². The van der Waals surface area contributed by atoms with Gasteiger partial charge in [0.1, 0.15) is 6.07 Å². The van der Waals surface area contributed by atoms with Crippen LogP contribution in [-0.4, -0.2) is 37.1 Å². The molecule has 20 heavy (non-hydrogen) atoms. The fourth-order valence-electron chi connectivity index (χ4n) is 3.46. The zero-order valence-electron chi connectivity index (χ0n) is 11.7. The van der Waals surface area contributed by atoms with Gasteiger partial charge in [-0.3, -0.25) is 4.90 Å². The normalized spacial score (nSPS) is 21.1. The van der Waals surface area contributed by atoms with Crippen molar-refractivity contribution in [3.8, 4) is 6.07 Å². The number of benzene rings is 1. The van der Waals surface area contributed by atoms with Crippen molar-refractivity contribution in [3.63, 3.8) is 0 Å². The highest BCUT2D eigenvalue weighted by molar-refractivity contribution is 9.10. The van der Waals surface area contributed by atoms with Gasteiger partial charge in [-0.1, -0.05) is 28.8 Å². The summed E-state index contributed by atoms with van der Waals surface area (Å²) in [7, 11) is 0. The van der Waals surface area contributed by atoms with Crippen molar-refractivity contribution in [2.75, 3.05) is 31.1 Å². The van der Waals surface area contributed by atoms with Crippen LogP contribution in [0.25, 0.3) is 0 Å². The molecule has 3 rings (SSSR count). The van der Waals surface area contributed by atoms with E-state index >= 15 is 0 Å². The van der Waals surface area contributed by atoms with Gasteiger partial charge in [0.25, 0.3) is 0 Å². The first-order chi connectivity index (χ1) is 9.78. The van der Waals surface area contributed by atoms with Crippen molar-refractivity contribution < 1.29 is 0 Å². The molecule has 2 aliphatic rings. The van der Waals surface area contributed by atoms with E-state index in [0.29, 0.717) is 0 Å². The summed E-state index contributed by atoms with van der Waals surface area (Å²) < 4.78 is 1.05. The van der Waals surface area contributed by atoms with Gasteiger partial charge in [-0.05, 0) is 31.0 Å². The fraction of sp³-hybridized carbons (Fsp3) is 0.562. The molecule has 0 amide bonds. The minimum absolute atomic E-state index is 0.780. The van der Waals surface area contributed by atoms with Crippen molar-refractivity contribution in [1.82, 2.24) is 4.90 Å². The maximum absolute atomic E-state index is 9.26. The van der Waals surface area contributed by atoms with Gasteiger partial charge in [-0.15, -0.1) is 0 Å². The minimum Gasteiger partial charge on any atom is -0.368 e. The van der Waals surface area contributed by atoms with E-state index in [2.05, 4.69) is 37.9 Å². The quantitative estimate of drug-likeness (QED) is 0.831. The Hall–Kier alpha value is -1.05. The van der Waals surface area contributed by atoms with Crippen LogP contribution in [-0.2, 0) is 0 Å². The molecule has 0 spiro atoms. The molecule has 4 heteroatoms. The van der Waals surface area contributed by atoms with Crippen LogP contribution < -0.4 is 4.90 Å². The second-order valence-corrected chi connectivity index (χ2v) is 6.65. The fourth-order valence-corrected chi connectivity index (χ4v) is 3.81. The summed E-state index contributed by atoms with van der Waals surface area (Å²) in [5, 5.41) is 9.26. The average Bonchev–Trinajstić information content (AvgIpc) is 3.02. The van der Waals surface area contributed by atoms with Gasteiger partial charge in [0.2, 0.25) is 0 Å². The number of hydrogen-bond donors (Lipinski definition) is 0. The molecule has 1 heterocycles. The summed E-state index contributed by atoms with van der Waals surface area (Å²) in [5.41, 5.74) is 1.86. The Balaban J connectivity index is 1.69. The van der Waals surface area contributed by atoms with E-state index in [-0.39, 0.29) is 0 Å². The van der Waals surface area contributed by atoms with Crippen LogP contribution in [0.3, 0.4) is 0 Å². The highest BCUT2D eigenvalue weighted by Gasteiger charge is 2.26. The van der Waals surface area contributed by atoms with Gasteiger partial charge in [0, 0.05) is 36.7 Å². The van der Waals surface area contributed by atoms with Crippen molar-refractivity contribution in [2.24, 2.45) is 0 Å². The zero-order chi connectivity index (χ0) is 13.9. The van der Waals surface area contributed by atoms with E-state index in [4.69, 9.17) is 0 Å². The summed E-state index contributed by atoms with van der Waals surface area (Å²) in [6, 6.07) is 9.05. The van der Waals surface area contributed by atoms with Crippen LogP contribution in [0, 0.1) is 11.3 Å². The molecule has 1 aliphatic carbocycles. The van der Waals surface area contributed by atoms with Crippen LogP contribution in [0.2, 0.25) is 0 Å². The number of piperazine rings is 1. The zero-order valence-corrected chi connectivity index (χ0v) is 13.3. The van der Waals surface area contributed by atoms with Crippen molar-refractivity contribution in [2.45, 2.75) is 31.7 Å². The number of anilines is 1. The number of hydrogen-bond acceptors (Lipinski definition) is 3. The molecule has 1 aromatic rings. The molecule has 0 atom stereocenters. The standard InChI is InChI=1S/C16H20BrN3/c17-14-6-5-13(12-18)16(11-14)20-9-7-19(8-10-20)15-3-1-2-4-15/h5-6,11,15H,1-4,7-10H2. The Kier molecular flexibility index (Phi) is 4.28. The van der Waals surface area contributed by atoms with Gasteiger partial charge in [-0.25, -0.2) is 0 Å². The highest BCUT2D eigenvalue weighted by atomic mass is 79.9. The Bertz CT molecular complexity index is 509. The van der Waals surface area contributed by atoms with Gasteiger partial charge >= 0.3 is 0 Å². The molecule has 1 saturated carbocycles. The predicted molar refractivity (Wildman–Crippen MR) is 84.9 cm³/mol. The first kappa shape index (κ1) is 13.9. The number of nitriles is 1. The van der Waals surface area contributed by atoms with E-state index in [1.54, 1.807) is 0 Å². The molecular formula is C16H20BrN3. The van der Waals surface area contributed by atoms with Crippen LogP contribution in [0.4, 0.5) is 5.69 Å². The maximum atomic E-state index is 9.26. The van der Waals surface area contributed by atoms with E-state index < -0.39 is 0 Å². The second kappa shape index (κ2) is 6.15. The molecule has 2 fully saturated rings. The lowest BCUT2D eigenvalue weighted by molar-refractivity contribution is 0.187. The van der Waals surface area contributed by atoms with Crippen molar-refractivity contribution in [3.05, 3.63) is 28.2 Å². The van der Waals surface area contributed by atoms with Crippen LogP contribution in [0.1, 0.15) is 31.2 Å². The summed E-state index contributed by atoms with van der Waals surface area (Å²) in [5.74, 6) is 0. The lowest BCUT2D eigenvalue weighted by Crippen LogP contribution is -2.49. The largest absolute Gasteiger partial charge is 0.368 e. The first-order valence-corrected chi connectivity index (χ1v) is 8.26. The van der Waals surface area contributed by atoms with Gasteiger partial charge < -0.3 is 4.90 Å². The third-order valence-electron chi connectivity index (χ3n) is 4.58. The number of nitrogens with zero attached hydrogens (tertiary/aromatic N) is 3. The summed E-state index contributed by atoms with van der Waals surface area (Å²) in [6.45, 7) is 4.31. The molecule has 0 unspecified atom stereocenters. The van der Waals surface area contributed by atoms with E-state index in [9.17, 15) is 5.26 Å². The lowest BCUT2D eigenvalue weighted by Gasteiger charge is -2.39. The number of rotatable bonds is 2. The van der Waals surface area contributed by atoms with Crippen LogP contribution >= 0.6 is 15.9 Å².